The van der Waals surface area contributed by atoms with Crippen molar-refractivity contribution in [3.05, 3.63) is 12.2 Å². The second-order valence-corrected chi connectivity index (χ2v) is 4.59. The van der Waals surface area contributed by atoms with Gasteiger partial charge in [0.05, 0.1) is 6.10 Å². The van der Waals surface area contributed by atoms with Crippen molar-refractivity contribution in [2.24, 2.45) is 5.41 Å². The number of hydrogen-bond donors (Lipinski definition) is 0. The maximum absolute atomic E-state index is 5.41. The van der Waals surface area contributed by atoms with Gasteiger partial charge in [-0.1, -0.05) is 52.7 Å². The Bertz CT molecular complexity index is 142. The summed E-state index contributed by atoms with van der Waals surface area (Å²) in [5.41, 5.74) is 0.206. The zero-order valence-electron chi connectivity index (χ0n) is 9.76. The minimum absolute atomic E-state index is 0.206. The highest BCUT2D eigenvalue weighted by molar-refractivity contribution is 4.95. The Morgan fingerprint density at radius 2 is 1.92 bits per heavy atom. The Balaban J connectivity index is 3.91. The average Bonchev–Trinajstić information content (AvgIpc) is 2.02. The summed E-state index contributed by atoms with van der Waals surface area (Å²) in [5, 5.41) is 0. The van der Waals surface area contributed by atoms with E-state index in [1.165, 1.54) is 19.3 Å². The molecule has 0 aliphatic rings. The second-order valence-electron chi connectivity index (χ2n) is 4.59. The van der Waals surface area contributed by atoms with Crippen LogP contribution in [0.3, 0.4) is 0 Å². The van der Waals surface area contributed by atoms with Crippen LogP contribution in [0.1, 0.15) is 47.0 Å². The van der Waals surface area contributed by atoms with E-state index in [9.17, 15) is 0 Å². The predicted molar refractivity (Wildman–Crippen MR) is 58.9 cm³/mol. The molecule has 0 radical (unpaired) electrons. The van der Waals surface area contributed by atoms with Crippen molar-refractivity contribution < 1.29 is 4.74 Å². The zero-order valence-corrected chi connectivity index (χ0v) is 9.76. The molecule has 78 valence electrons. The van der Waals surface area contributed by atoms with Crippen LogP contribution in [0.5, 0.6) is 0 Å². The fourth-order valence-corrected chi connectivity index (χ4v) is 1.26. The predicted octanol–water partition coefficient (Wildman–Crippen LogP) is 3.79. The normalized spacial score (nSPS) is 15.2. The van der Waals surface area contributed by atoms with Gasteiger partial charge in [-0.2, -0.15) is 0 Å². The van der Waals surface area contributed by atoms with Crippen molar-refractivity contribution in [3.63, 3.8) is 0 Å². The molecule has 0 bridgehead atoms. The van der Waals surface area contributed by atoms with Gasteiger partial charge >= 0.3 is 0 Å². The molecule has 1 heteroatoms. The lowest BCUT2D eigenvalue weighted by Crippen LogP contribution is -2.25. The third-order valence-electron chi connectivity index (χ3n) is 2.14. The Hall–Kier alpha value is -0.300. The molecule has 0 rings (SSSR count). The summed E-state index contributed by atoms with van der Waals surface area (Å²) in [4.78, 5) is 0. The van der Waals surface area contributed by atoms with E-state index in [1.54, 1.807) is 7.11 Å². The lowest BCUT2D eigenvalue weighted by atomic mass is 9.88. The maximum Gasteiger partial charge on any atom is 0.0800 e. The number of rotatable bonds is 5. The van der Waals surface area contributed by atoms with Crippen molar-refractivity contribution in [1.82, 2.24) is 0 Å². The first-order valence-corrected chi connectivity index (χ1v) is 5.21. The molecule has 0 aromatic carbocycles. The van der Waals surface area contributed by atoms with E-state index >= 15 is 0 Å². The van der Waals surface area contributed by atoms with E-state index in [2.05, 4.69) is 39.8 Å². The summed E-state index contributed by atoms with van der Waals surface area (Å²) in [6.45, 7) is 8.81. The highest BCUT2D eigenvalue weighted by Crippen LogP contribution is 2.22. The van der Waals surface area contributed by atoms with Crippen LogP contribution in [-0.2, 0) is 4.74 Å². The summed E-state index contributed by atoms with van der Waals surface area (Å²) in [6, 6.07) is 0. The van der Waals surface area contributed by atoms with Crippen molar-refractivity contribution in [3.8, 4) is 0 Å². The molecule has 0 saturated carbocycles. The van der Waals surface area contributed by atoms with Crippen LogP contribution >= 0.6 is 0 Å². The fraction of sp³-hybridized carbons (Fsp3) is 0.833. The number of allylic oxidation sites excluding steroid dienone is 1. The number of methoxy groups -OCH3 is 1. The molecule has 0 aromatic heterocycles. The standard InChI is InChI=1S/C12H24O/c1-6-7-8-9-10-11(13-5)12(2,3)4/h9-11H,6-8H2,1-5H3/b10-9+/t11-/m0/s1. The lowest BCUT2D eigenvalue weighted by molar-refractivity contribution is 0.0533. The van der Waals surface area contributed by atoms with E-state index < -0.39 is 0 Å². The third-order valence-corrected chi connectivity index (χ3v) is 2.14. The molecule has 1 nitrogen and oxygen atoms in total. The van der Waals surface area contributed by atoms with Crippen LogP contribution in [0.15, 0.2) is 12.2 Å². The minimum atomic E-state index is 0.206. The van der Waals surface area contributed by atoms with Crippen LogP contribution in [0.4, 0.5) is 0 Å². The highest BCUT2D eigenvalue weighted by Gasteiger charge is 2.20. The maximum atomic E-state index is 5.41. The highest BCUT2D eigenvalue weighted by atomic mass is 16.5. The van der Waals surface area contributed by atoms with Crippen molar-refractivity contribution in [2.75, 3.05) is 7.11 Å². The summed E-state index contributed by atoms with van der Waals surface area (Å²) < 4.78 is 5.41. The van der Waals surface area contributed by atoms with E-state index in [0.29, 0.717) is 0 Å². The van der Waals surface area contributed by atoms with Gasteiger partial charge in [0.25, 0.3) is 0 Å². The van der Waals surface area contributed by atoms with Gasteiger partial charge in [0, 0.05) is 7.11 Å². The molecular formula is C12H24O. The van der Waals surface area contributed by atoms with Gasteiger partial charge in [-0.3, -0.25) is 0 Å². The second kappa shape index (κ2) is 6.20. The molecule has 0 unspecified atom stereocenters. The van der Waals surface area contributed by atoms with E-state index in [-0.39, 0.29) is 11.5 Å². The Morgan fingerprint density at radius 3 is 2.31 bits per heavy atom. The topological polar surface area (TPSA) is 9.23 Å². The summed E-state index contributed by atoms with van der Waals surface area (Å²) >= 11 is 0. The first-order valence-electron chi connectivity index (χ1n) is 5.21. The minimum Gasteiger partial charge on any atom is -0.377 e. The Labute approximate surface area is 83.2 Å². The smallest absolute Gasteiger partial charge is 0.0800 e. The summed E-state index contributed by atoms with van der Waals surface area (Å²) in [7, 11) is 1.78. The number of unbranched alkanes of at least 4 members (excludes halogenated alkanes) is 2. The van der Waals surface area contributed by atoms with Crippen LogP contribution in [0.2, 0.25) is 0 Å². The zero-order chi connectivity index (χ0) is 10.3. The molecule has 0 heterocycles. The first kappa shape index (κ1) is 12.7. The average molecular weight is 184 g/mol. The van der Waals surface area contributed by atoms with E-state index in [1.807, 2.05) is 0 Å². The summed E-state index contributed by atoms with van der Waals surface area (Å²) in [6.07, 6.45) is 8.38. The molecule has 0 spiro atoms. The van der Waals surface area contributed by atoms with E-state index in [0.717, 1.165) is 0 Å². The van der Waals surface area contributed by atoms with Crippen molar-refractivity contribution in [1.29, 1.82) is 0 Å². The molecular weight excluding hydrogens is 160 g/mol. The van der Waals surface area contributed by atoms with Crippen LogP contribution < -0.4 is 0 Å². The summed E-state index contributed by atoms with van der Waals surface area (Å²) in [5.74, 6) is 0. The molecule has 1 atom stereocenters. The molecule has 0 saturated heterocycles. The number of ether oxygens (including phenoxy) is 1. The van der Waals surface area contributed by atoms with Gasteiger partial charge < -0.3 is 4.74 Å². The van der Waals surface area contributed by atoms with Gasteiger partial charge in [-0.25, -0.2) is 0 Å². The SMILES string of the molecule is CCCC/C=C/[C@H](OC)C(C)(C)C. The van der Waals surface area contributed by atoms with Crippen molar-refractivity contribution in [2.45, 2.75) is 53.1 Å². The van der Waals surface area contributed by atoms with Gasteiger partial charge in [-0.15, -0.1) is 0 Å². The first-order chi connectivity index (χ1) is 6.02. The lowest BCUT2D eigenvalue weighted by Gasteiger charge is -2.26. The fourth-order valence-electron chi connectivity index (χ4n) is 1.26. The van der Waals surface area contributed by atoms with E-state index in [4.69, 9.17) is 4.74 Å². The van der Waals surface area contributed by atoms with Gasteiger partial charge in [0.1, 0.15) is 0 Å². The molecule has 13 heavy (non-hydrogen) atoms. The quantitative estimate of drug-likeness (QED) is 0.466. The molecule has 0 aromatic rings. The van der Waals surface area contributed by atoms with Gasteiger partial charge in [0.15, 0.2) is 0 Å². The molecule has 0 N–H and O–H groups in total. The monoisotopic (exact) mass is 184 g/mol. The largest absolute Gasteiger partial charge is 0.377 e. The third kappa shape index (κ3) is 5.87. The Kier molecular flexibility index (Phi) is 6.06. The van der Waals surface area contributed by atoms with Crippen molar-refractivity contribution >= 4 is 0 Å². The van der Waals surface area contributed by atoms with Crippen LogP contribution in [0.25, 0.3) is 0 Å². The van der Waals surface area contributed by atoms with Crippen LogP contribution in [-0.4, -0.2) is 13.2 Å². The van der Waals surface area contributed by atoms with Gasteiger partial charge in [-0.05, 0) is 11.8 Å². The molecule has 0 aliphatic carbocycles. The van der Waals surface area contributed by atoms with Crippen LogP contribution in [0, 0.1) is 5.41 Å². The van der Waals surface area contributed by atoms with Gasteiger partial charge in [0.2, 0.25) is 0 Å². The molecule has 0 aliphatic heterocycles. The molecule has 0 fully saturated rings. The Morgan fingerprint density at radius 1 is 1.31 bits per heavy atom. The molecule has 0 amide bonds. The number of hydrogen-bond acceptors (Lipinski definition) is 1.